The third-order valence-electron chi connectivity index (χ3n) is 1.00. The lowest BCUT2D eigenvalue weighted by Crippen LogP contribution is -1.82. The summed E-state index contributed by atoms with van der Waals surface area (Å²) in [5, 5.41) is 11.4. The summed E-state index contributed by atoms with van der Waals surface area (Å²) in [6, 6.07) is 1.65. The number of oxime groups is 1. The van der Waals surface area contributed by atoms with E-state index in [0.29, 0.717) is 10.6 Å². The topological polar surface area (TPSA) is 45.5 Å². The van der Waals surface area contributed by atoms with Gasteiger partial charge in [-0.15, -0.1) is 0 Å². The molecule has 0 bridgehead atoms. The maximum absolute atomic E-state index is 8.13. The van der Waals surface area contributed by atoms with Crippen molar-refractivity contribution in [3.8, 4) is 0 Å². The van der Waals surface area contributed by atoms with Gasteiger partial charge in [0.2, 0.25) is 0 Å². The molecule has 3 nitrogen and oxygen atoms in total. The van der Waals surface area contributed by atoms with Crippen molar-refractivity contribution >= 4 is 17.8 Å². The Morgan fingerprint density at radius 2 is 2.50 bits per heavy atom. The third-order valence-corrected chi connectivity index (χ3v) is 1.32. The van der Waals surface area contributed by atoms with Gasteiger partial charge in [0.15, 0.2) is 0 Å². The number of hydrogen-bond acceptors (Lipinski definition) is 3. The van der Waals surface area contributed by atoms with E-state index in [1.165, 1.54) is 12.4 Å². The Bertz CT molecular complexity index is 249. The highest BCUT2D eigenvalue weighted by atomic mass is 35.5. The Balaban J connectivity index is 3.03. The zero-order valence-electron chi connectivity index (χ0n) is 5.03. The maximum Gasteiger partial charge on any atom is 0.0749 e. The van der Waals surface area contributed by atoms with E-state index in [-0.39, 0.29) is 0 Å². The molecule has 0 aliphatic heterocycles. The molecule has 0 spiro atoms. The second-order valence-electron chi connectivity index (χ2n) is 1.64. The smallest absolute Gasteiger partial charge is 0.0749 e. The molecule has 0 aromatic carbocycles. The van der Waals surface area contributed by atoms with Gasteiger partial charge in [-0.25, -0.2) is 0 Å². The summed E-state index contributed by atoms with van der Waals surface area (Å²) in [6.07, 6.45) is 4.31. The van der Waals surface area contributed by atoms with E-state index >= 15 is 0 Å². The number of halogens is 1. The molecular formula is C6H5ClN2O. The molecule has 0 radical (unpaired) electrons. The summed E-state index contributed by atoms with van der Waals surface area (Å²) in [4.78, 5) is 3.75. The Kier molecular flexibility index (Phi) is 2.23. The predicted octanol–water partition coefficient (Wildman–Crippen LogP) is 1.54. The molecule has 1 rings (SSSR count). The molecule has 4 heteroatoms. The molecule has 0 aliphatic carbocycles. The minimum absolute atomic E-state index is 0.473. The fourth-order valence-electron chi connectivity index (χ4n) is 0.553. The molecule has 0 atom stereocenters. The molecule has 0 aliphatic rings. The van der Waals surface area contributed by atoms with Gasteiger partial charge < -0.3 is 5.21 Å². The molecule has 0 fully saturated rings. The number of nitrogens with zero attached hydrogens (tertiary/aromatic N) is 2. The summed E-state index contributed by atoms with van der Waals surface area (Å²) in [6.45, 7) is 0. The van der Waals surface area contributed by atoms with E-state index in [4.69, 9.17) is 16.8 Å². The van der Waals surface area contributed by atoms with Crippen molar-refractivity contribution in [3.05, 3.63) is 29.0 Å². The number of rotatable bonds is 1. The summed E-state index contributed by atoms with van der Waals surface area (Å²) in [5.41, 5.74) is 0.652. The van der Waals surface area contributed by atoms with Gasteiger partial charge in [-0.1, -0.05) is 16.8 Å². The van der Waals surface area contributed by atoms with Gasteiger partial charge in [0.05, 0.1) is 11.2 Å². The molecule has 0 amide bonds. The summed E-state index contributed by atoms with van der Waals surface area (Å²) in [5.74, 6) is 0. The molecular weight excluding hydrogens is 152 g/mol. The van der Waals surface area contributed by atoms with E-state index in [2.05, 4.69) is 10.1 Å². The van der Waals surface area contributed by atoms with E-state index in [1.54, 1.807) is 12.3 Å². The average Bonchev–Trinajstić information content (AvgIpc) is 1.94. The quantitative estimate of drug-likeness (QED) is 0.381. The van der Waals surface area contributed by atoms with E-state index in [1.807, 2.05) is 0 Å². The van der Waals surface area contributed by atoms with Gasteiger partial charge in [0.25, 0.3) is 0 Å². The van der Waals surface area contributed by atoms with E-state index in [9.17, 15) is 0 Å². The van der Waals surface area contributed by atoms with E-state index < -0.39 is 0 Å². The Morgan fingerprint density at radius 1 is 1.70 bits per heavy atom. The first-order chi connectivity index (χ1) is 4.84. The van der Waals surface area contributed by atoms with Crippen LogP contribution in [0.15, 0.2) is 23.6 Å². The zero-order valence-corrected chi connectivity index (χ0v) is 5.78. The number of aromatic nitrogens is 1. The highest BCUT2D eigenvalue weighted by Gasteiger charge is 1.93. The van der Waals surface area contributed by atoms with Gasteiger partial charge in [0, 0.05) is 18.0 Å². The molecule has 1 aromatic rings. The summed E-state index contributed by atoms with van der Waals surface area (Å²) < 4.78 is 0. The van der Waals surface area contributed by atoms with Gasteiger partial charge in [0.1, 0.15) is 0 Å². The highest BCUT2D eigenvalue weighted by Crippen LogP contribution is 2.09. The molecule has 10 heavy (non-hydrogen) atoms. The molecule has 0 unspecified atom stereocenters. The van der Waals surface area contributed by atoms with Crippen LogP contribution in [0, 0.1) is 0 Å². The lowest BCUT2D eigenvalue weighted by molar-refractivity contribution is 0.322. The van der Waals surface area contributed by atoms with Gasteiger partial charge in [-0.2, -0.15) is 0 Å². The molecule has 1 aromatic heterocycles. The maximum atomic E-state index is 8.13. The van der Waals surface area contributed by atoms with Crippen molar-refractivity contribution in [2.45, 2.75) is 0 Å². The second-order valence-corrected chi connectivity index (χ2v) is 2.05. The van der Waals surface area contributed by atoms with Crippen molar-refractivity contribution < 1.29 is 5.21 Å². The minimum Gasteiger partial charge on any atom is -0.411 e. The van der Waals surface area contributed by atoms with Gasteiger partial charge in [-0.3, -0.25) is 4.98 Å². The SMILES string of the molecule is ON=Cc1ccncc1Cl. The van der Waals surface area contributed by atoms with Crippen LogP contribution in [0.4, 0.5) is 0 Å². The van der Waals surface area contributed by atoms with Crippen molar-refractivity contribution in [1.29, 1.82) is 0 Å². The first-order valence-electron chi connectivity index (χ1n) is 2.61. The number of pyridine rings is 1. The van der Waals surface area contributed by atoms with Crippen molar-refractivity contribution in [1.82, 2.24) is 4.98 Å². The molecule has 1 heterocycles. The predicted molar refractivity (Wildman–Crippen MR) is 38.6 cm³/mol. The van der Waals surface area contributed by atoms with Crippen LogP contribution >= 0.6 is 11.6 Å². The largest absolute Gasteiger partial charge is 0.411 e. The molecule has 1 N–H and O–H groups in total. The van der Waals surface area contributed by atoms with Crippen LogP contribution in [0.1, 0.15) is 5.56 Å². The van der Waals surface area contributed by atoms with Crippen LogP contribution in [0.3, 0.4) is 0 Å². The fraction of sp³-hybridized carbons (Fsp3) is 0. The van der Waals surface area contributed by atoms with Crippen LogP contribution < -0.4 is 0 Å². The Hall–Kier alpha value is -1.09. The lowest BCUT2D eigenvalue weighted by Gasteiger charge is -1.91. The highest BCUT2D eigenvalue weighted by molar-refractivity contribution is 6.32. The van der Waals surface area contributed by atoms with Crippen LogP contribution in [0.25, 0.3) is 0 Å². The number of hydrogen-bond donors (Lipinski definition) is 1. The minimum atomic E-state index is 0.473. The second kappa shape index (κ2) is 3.17. The Labute approximate surface area is 63.0 Å². The first-order valence-corrected chi connectivity index (χ1v) is 2.99. The molecule has 0 saturated heterocycles. The van der Waals surface area contributed by atoms with Crippen molar-refractivity contribution in [2.24, 2.45) is 5.16 Å². The van der Waals surface area contributed by atoms with E-state index in [0.717, 1.165) is 0 Å². The van der Waals surface area contributed by atoms with Crippen LogP contribution in [-0.2, 0) is 0 Å². The molecule has 52 valence electrons. The summed E-state index contributed by atoms with van der Waals surface area (Å²) >= 11 is 5.64. The summed E-state index contributed by atoms with van der Waals surface area (Å²) in [7, 11) is 0. The van der Waals surface area contributed by atoms with Gasteiger partial charge in [-0.05, 0) is 6.07 Å². The average molecular weight is 157 g/mol. The van der Waals surface area contributed by atoms with Gasteiger partial charge >= 0.3 is 0 Å². The Morgan fingerprint density at radius 3 is 3.10 bits per heavy atom. The van der Waals surface area contributed by atoms with Crippen LogP contribution in [-0.4, -0.2) is 16.4 Å². The monoisotopic (exact) mass is 156 g/mol. The van der Waals surface area contributed by atoms with Crippen molar-refractivity contribution in [3.63, 3.8) is 0 Å². The van der Waals surface area contributed by atoms with Crippen molar-refractivity contribution in [2.75, 3.05) is 0 Å². The normalized spacial score (nSPS) is 10.5. The molecule has 0 saturated carbocycles. The lowest BCUT2D eigenvalue weighted by atomic mass is 10.3. The fourth-order valence-corrected chi connectivity index (χ4v) is 0.721. The van der Waals surface area contributed by atoms with Crippen LogP contribution in [0.2, 0.25) is 5.02 Å². The third kappa shape index (κ3) is 1.45. The standard InChI is InChI=1S/C6H5ClN2O/c7-6-4-8-2-1-5(6)3-9-10/h1-4,10H. The van der Waals surface area contributed by atoms with Crippen LogP contribution in [0.5, 0.6) is 0 Å². The zero-order chi connectivity index (χ0) is 7.40. The first kappa shape index (κ1) is 7.02.